The lowest BCUT2D eigenvalue weighted by atomic mass is 10.1. The maximum Gasteiger partial charge on any atom is 0.336 e. The van der Waals surface area contributed by atoms with Gasteiger partial charge >= 0.3 is 5.97 Å². The lowest BCUT2D eigenvalue weighted by Crippen LogP contribution is -2.23. The van der Waals surface area contributed by atoms with Crippen molar-refractivity contribution < 1.29 is 14.7 Å². The molecule has 2 aliphatic heterocycles. The van der Waals surface area contributed by atoms with Crippen LogP contribution >= 0.6 is 15.9 Å². The molecule has 0 aromatic rings. The topological polar surface area (TPSA) is 70.0 Å². The number of aliphatic carboxylic acids is 1. The van der Waals surface area contributed by atoms with Crippen molar-refractivity contribution in [1.82, 2.24) is 4.90 Å². The summed E-state index contributed by atoms with van der Waals surface area (Å²) in [5.74, 6) is 0.733. The Hall–Kier alpha value is -1.91. The fraction of sp³-hybridized carbons (Fsp3) is 0. The second kappa shape index (κ2) is 3.92. The number of hydrogen-bond donors (Lipinski definition) is 1. The van der Waals surface area contributed by atoms with Gasteiger partial charge in [0, 0.05) is 12.4 Å². The van der Waals surface area contributed by atoms with Gasteiger partial charge in [-0.25, -0.2) is 14.6 Å². The number of fused-ring (bicyclic) bond motifs is 1. The lowest BCUT2D eigenvalue weighted by molar-refractivity contribution is -0.132. The molecule has 0 radical (unpaired) electrons. The van der Waals surface area contributed by atoms with E-state index >= 15 is 0 Å². The van der Waals surface area contributed by atoms with Crippen molar-refractivity contribution in [3.05, 3.63) is 39.9 Å². The van der Waals surface area contributed by atoms with E-state index in [1.807, 2.05) is 0 Å². The number of rotatable bonds is 1. The van der Waals surface area contributed by atoms with E-state index in [1.54, 1.807) is 12.0 Å². The van der Waals surface area contributed by atoms with E-state index in [2.05, 4.69) is 20.9 Å². The highest BCUT2D eigenvalue weighted by molar-refractivity contribution is 9.12. The summed E-state index contributed by atoms with van der Waals surface area (Å²) in [5.41, 5.74) is 0.677. The second-order valence-electron chi connectivity index (χ2n) is 2.97. The molecular formula is C10H5BrN2O3. The van der Waals surface area contributed by atoms with Gasteiger partial charge < -0.3 is 5.11 Å². The monoisotopic (exact) mass is 280 g/mol. The molecule has 0 aromatic carbocycles. The predicted molar refractivity (Wildman–Crippen MR) is 60.3 cm³/mol. The van der Waals surface area contributed by atoms with Crippen molar-refractivity contribution in [2.24, 2.45) is 4.99 Å². The van der Waals surface area contributed by atoms with E-state index < -0.39 is 5.97 Å². The quantitative estimate of drug-likeness (QED) is 0.733. The maximum atomic E-state index is 10.9. The van der Waals surface area contributed by atoms with Gasteiger partial charge in [-0.15, -0.1) is 0 Å². The molecular weight excluding hydrogens is 276 g/mol. The number of halogens is 1. The average Bonchev–Trinajstić information content (AvgIpc) is 2.28. The van der Waals surface area contributed by atoms with Crippen LogP contribution in [0.2, 0.25) is 0 Å². The predicted octanol–water partition coefficient (Wildman–Crippen LogP) is 1.19. The molecule has 0 spiro atoms. The molecule has 2 aliphatic rings. The summed E-state index contributed by atoms with van der Waals surface area (Å²) in [7, 11) is 0. The van der Waals surface area contributed by atoms with Crippen LogP contribution in [0.4, 0.5) is 0 Å². The fourth-order valence-corrected chi connectivity index (χ4v) is 1.99. The SMILES string of the molecule is O=C=C1N=CC=C2C(Br)=C(C(=O)O)C=CN12. The Bertz CT molecular complexity index is 536. The molecule has 0 atom stereocenters. The van der Waals surface area contributed by atoms with Crippen molar-refractivity contribution >= 4 is 34.1 Å². The van der Waals surface area contributed by atoms with Gasteiger partial charge in [-0.2, -0.15) is 0 Å². The number of carbonyl (C=O) groups excluding carboxylic acids is 1. The van der Waals surface area contributed by atoms with Gasteiger partial charge in [-0.3, -0.25) is 4.90 Å². The molecule has 0 fully saturated rings. The summed E-state index contributed by atoms with van der Waals surface area (Å²) < 4.78 is 0.404. The third kappa shape index (κ3) is 1.54. The van der Waals surface area contributed by atoms with Crippen LogP contribution in [0.3, 0.4) is 0 Å². The molecule has 0 aromatic heterocycles. The van der Waals surface area contributed by atoms with E-state index in [-0.39, 0.29) is 11.4 Å². The lowest BCUT2D eigenvalue weighted by Gasteiger charge is -2.27. The highest BCUT2D eigenvalue weighted by Crippen LogP contribution is 2.33. The summed E-state index contributed by atoms with van der Waals surface area (Å²) in [6, 6.07) is 0. The number of nitrogens with zero attached hydrogens (tertiary/aromatic N) is 2. The average molecular weight is 281 g/mol. The largest absolute Gasteiger partial charge is 0.478 e. The third-order valence-electron chi connectivity index (χ3n) is 2.09. The minimum atomic E-state index is -1.04. The number of carboxylic acid groups (broad SMARTS) is 1. The Morgan fingerprint density at radius 3 is 2.94 bits per heavy atom. The second-order valence-corrected chi connectivity index (χ2v) is 3.77. The highest BCUT2D eigenvalue weighted by atomic mass is 79.9. The normalized spacial score (nSPS) is 18.2. The van der Waals surface area contributed by atoms with Crippen molar-refractivity contribution in [2.45, 2.75) is 0 Å². The van der Waals surface area contributed by atoms with Crippen LogP contribution < -0.4 is 0 Å². The Morgan fingerprint density at radius 2 is 2.31 bits per heavy atom. The van der Waals surface area contributed by atoms with Gasteiger partial charge in [-0.1, -0.05) is 0 Å². The zero-order valence-corrected chi connectivity index (χ0v) is 9.43. The van der Waals surface area contributed by atoms with Crippen molar-refractivity contribution in [3.63, 3.8) is 0 Å². The van der Waals surface area contributed by atoms with E-state index in [9.17, 15) is 9.59 Å². The molecule has 0 unspecified atom stereocenters. The number of carboxylic acids is 1. The summed E-state index contributed by atoms with van der Waals surface area (Å²) in [5, 5.41) is 8.92. The number of allylic oxidation sites excluding steroid dienone is 2. The van der Waals surface area contributed by atoms with E-state index in [1.165, 1.54) is 23.4 Å². The first-order valence-electron chi connectivity index (χ1n) is 4.25. The van der Waals surface area contributed by atoms with Gasteiger partial charge in [0.05, 0.1) is 15.8 Å². The first-order valence-corrected chi connectivity index (χ1v) is 5.05. The molecule has 0 saturated carbocycles. The van der Waals surface area contributed by atoms with Gasteiger partial charge in [0.1, 0.15) is 0 Å². The minimum absolute atomic E-state index is 0.0927. The summed E-state index contributed by atoms with van der Waals surface area (Å²) >= 11 is 3.19. The van der Waals surface area contributed by atoms with E-state index in [4.69, 9.17) is 5.11 Å². The molecule has 0 saturated heterocycles. The van der Waals surface area contributed by atoms with Crippen LogP contribution in [-0.4, -0.2) is 28.1 Å². The molecule has 16 heavy (non-hydrogen) atoms. The number of aliphatic imine (C=N–C) groups is 1. The first-order chi connectivity index (χ1) is 7.65. The van der Waals surface area contributed by atoms with Crippen LogP contribution in [-0.2, 0) is 9.59 Å². The molecule has 0 bridgehead atoms. The van der Waals surface area contributed by atoms with E-state index in [0.29, 0.717) is 10.2 Å². The Kier molecular flexibility index (Phi) is 2.60. The van der Waals surface area contributed by atoms with Gasteiger partial charge in [0.2, 0.25) is 5.82 Å². The highest BCUT2D eigenvalue weighted by Gasteiger charge is 2.25. The zero-order valence-electron chi connectivity index (χ0n) is 7.85. The third-order valence-corrected chi connectivity index (χ3v) is 2.92. The Labute approximate surface area is 98.9 Å². The molecule has 2 heterocycles. The van der Waals surface area contributed by atoms with Crippen molar-refractivity contribution in [3.8, 4) is 0 Å². The number of hydrogen-bond acceptors (Lipinski definition) is 4. The smallest absolute Gasteiger partial charge is 0.336 e. The van der Waals surface area contributed by atoms with Crippen LogP contribution in [0.1, 0.15) is 0 Å². The van der Waals surface area contributed by atoms with Crippen LogP contribution in [0, 0.1) is 0 Å². The Morgan fingerprint density at radius 1 is 1.56 bits per heavy atom. The molecule has 0 aliphatic carbocycles. The number of carbonyl (C=O) groups is 1. The van der Waals surface area contributed by atoms with Crippen molar-refractivity contribution in [1.29, 1.82) is 0 Å². The Balaban J connectivity index is 2.55. The minimum Gasteiger partial charge on any atom is -0.478 e. The molecule has 0 amide bonds. The maximum absolute atomic E-state index is 10.9. The van der Waals surface area contributed by atoms with Crippen molar-refractivity contribution in [2.75, 3.05) is 0 Å². The fourth-order valence-electron chi connectivity index (χ4n) is 1.37. The molecule has 80 valence electrons. The van der Waals surface area contributed by atoms with Gasteiger partial charge in [-0.05, 0) is 28.1 Å². The molecule has 5 nitrogen and oxygen atoms in total. The van der Waals surface area contributed by atoms with Crippen LogP contribution in [0.5, 0.6) is 0 Å². The summed E-state index contributed by atoms with van der Waals surface area (Å²) in [4.78, 5) is 26.8. The summed E-state index contributed by atoms with van der Waals surface area (Å²) in [6.45, 7) is 0. The standard InChI is InChI=1S/C10H5BrN2O3/c11-9-6(10(15)16)2-4-13-7(9)1-3-12-8(13)5-14/h1-4H,(H,15,16). The first kappa shape index (κ1) is 10.6. The molecule has 1 N–H and O–H groups in total. The molecule has 2 rings (SSSR count). The van der Waals surface area contributed by atoms with Crippen LogP contribution in [0.15, 0.2) is 44.9 Å². The summed E-state index contributed by atoms with van der Waals surface area (Å²) in [6.07, 6.45) is 5.89. The van der Waals surface area contributed by atoms with Gasteiger partial charge in [0.15, 0.2) is 5.94 Å². The van der Waals surface area contributed by atoms with Crippen LogP contribution in [0.25, 0.3) is 0 Å². The molecule has 6 heteroatoms. The zero-order chi connectivity index (χ0) is 11.7. The van der Waals surface area contributed by atoms with E-state index in [0.717, 1.165) is 0 Å². The van der Waals surface area contributed by atoms with Gasteiger partial charge in [0.25, 0.3) is 0 Å².